The number of nitrogens with zero attached hydrogens (tertiary/aromatic N) is 1. The number of hydrogen-bond donors (Lipinski definition) is 1. The Morgan fingerprint density at radius 1 is 1.30 bits per heavy atom. The molecule has 0 aliphatic carbocycles. The van der Waals surface area contributed by atoms with Crippen LogP contribution >= 0.6 is 0 Å². The molecule has 0 atom stereocenters. The number of anilines is 1. The van der Waals surface area contributed by atoms with Crippen molar-refractivity contribution in [3.8, 4) is 0 Å². The van der Waals surface area contributed by atoms with Crippen molar-refractivity contribution in [1.82, 2.24) is 4.31 Å². The normalized spacial score (nSPS) is 19.4. The summed E-state index contributed by atoms with van der Waals surface area (Å²) in [6, 6.07) is 3.46. The van der Waals surface area contributed by atoms with E-state index in [1.165, 1.54) is 10.4 Å². The van der Waals surface area contributed by atoms with E-state index in [1.807, 2.05) is 0 Å². The molecular weight excluding hydrogens is 279 g/mol. The molecule has 20 heavy (non-hydrogen) atoms. The summed E-state index contributed by atoms with van der Waals surface area (Å²) in [5.74, 6) is -0.625. The molecule has 2 rings (SSSR count). The molecule has 1 aliphatic heterocycles. The van der Waals surface area contributed by atoms with Crippen LogP contribution < -0.4 is 5.73 Å². The molecule has 0 unspecified atom stereocenters. The van der Waals surface area contributed by atoms with Gasteiger partial charge in [-0.25, -0.2) is 12.8 Å². The zero-order chi connectivity index (χ0) is 15.0. The van der Waals surface area contributed by atoms with Crippen molar-refractivity contribution in [3.05, 3.63) is 24.0 Å². The molecule has 4 nitrogen and oxygen atoms in total. The Morgan fingerprint density at radius 3 is 2.45 bits per heavy atom. The van der Waals surface area contributed by atoms with Crippen molar-refractivity contribution in [3.63, 3.8) is 0 Å². The fourth-order valence-electron chi connectivity index (χ4n) is 2.81. The van der Waals surface area contributed by atoms with Crippen LogP contribution in [0.2, 0.25) is 0 Å². The number of hydrogen-bond acceptors (Lipinski definition) is 3. The second-order valence-electron chi connectivity index (χ2n) is 5.52. The number of halogens is 1. The number of nitrogen functional groups attached to an aromatic ring is 1. The van der Waals surface area contributed by atoms with Gasteiger partial charge in [-0.15, -0.1) is 0 Å². The maximum Gasteiger partial charge on any atom is 0.243 e. The third-order valence-corrected chi connectivity index (χ3v) is 6.26. The average molecular weight is 300 g/mol. The summed E-state index contributed by atoms with van der Waals surface area (Å²) in [4.78, 5) is -0.0574. The van der Waals surface area contributed by atoms with Crippen LogP contribution in [-0.2, 0) is 10.0 Å². The largest absolute Gasteiger partial charge is 0.399 e. The summed E-state index contributed by atoms with van der Waals surface area (Å²) in [6.07, 6.45) is 2.74. The van der Waals surface area contributed by atoms with E-state index >= 15 is 0 Å². The molecule has 1 heterocycles. The third kappa shape index (κ3) is 2.67. The van der Waals surface area contributed by atoms with Crippen molar-refractivity contribution < 1.29 is 12.8 Å². The quantitative estimate of drug-likeness (QED) is 0.869. The minimum absolute atomic E-state index is 0.0476. The Labute approximate surface area is 119 Å². The van der Waals surface area contributed by atoms with Gasteiger partial charge < -0.3 is 5.73 Å². The van der Waals surface area contributed by atoms with Crippen molar-refractivity contribution in [2.24, 2.45) is 5.41 Å². The molecular formula is C14H21FN2O2S. The highest BCUT2D eigenvalue weighted by molar-refractivity contribution is 7.89. The second-order valence-corrected chi connectivity index (χ2v) is 7.45. The summed E-state index contributed by atoms with van der Waals surface area (Å²) in [7, 11) is -3.66. The standard InChI is InChI=1S/C14H21FN2O2S/c1-3-14(4-2)5-6-17(10-14)20(18,19)13-8-11(15)7-12(16)9-13/h7-9H,3-6,10,16H2,1-2H3. The smallest absolute Gasteiger partial charge is 0.243 e. The van der Waals surface area contributed by atoms with Gasteiger partial charge in [0.1, 0.15) is 5.82 Å². The molecule has 2 N–H and O–H groups in total. The first-order chi connectivity index (χ1) is 9.33. The van der Waals surface area contributed by atoms with E-state index in [-0.39, 0.29) is 16.0 Å². The molecule has 1 fully saturated rings. The second kappa shape index (κ2) is 5.33. The van der Waals surface area contributed by atoms with Crippen LogP contribution in [0, 0.1) is 11.2 Å². The summed E-state index contributed by atoms with van der Waals surface area (Å²) in [5, 5.41) is 0. The maximum atomic E-state index is 13.4. The van der Waals surface area contributed by atoms with Crippen molar-refractivity contribution in [1.29, 1.82) is 0 Å². The molecule has 1 aromatic rings. The van der Waals surface area contributed by atoms with Gasteiger partial charge >= 0.3 is 0 Å². The van der Waals surface area contributed by atoms with Gasteiger partial charge in [-0.2, -0.15) is 4.31 Å². The third-order valence-electron chi connectivity index (χ3n) is 4.43. The van der Waals surface area contributed by atoms with Gasteiger partial charge in [-0.1, -0.05) is 13.8 Å². The number of rotatable bonds is 4. The van der Waals surface area contributed by atoms with Crippen LogP contribution in [-0.4, -0.2) is 25.8 Å². The molecule has 0 bridgehead atoms. The minimum atomic E-state index is -3.66. The monoisotopic (exact) mass is 300 g/mol. The zero-order valence-corrected chi connectivity index (χ0v) is 12.7. The molecule has 0 amide bonds. The molecule has 6 heteroatoms. The first kappa shape index (κ1) is 15.3. The Balaban J connectivity index is 2.32. The highest BCUT2D eigenvalue weighted by atomic mass is 32.2. The van der Waals surface area contributed by atoms with Crippen LogP contribution in [0.25, 0.3) is 0 Å². The molecule has 0 radical (unpaired) electrons. The van der Waals surface area contributed by atoms with E-state index in [2.05, 4.69) is 13.8 Å². The van der Waals surface area contributed by atoms with Gasteiger partial charge in [0.2, 0.25) is 10.0 Å². The predicted molar refractivity (Wildman–Crippen MR) is 77.2 cm³/mol. The van der Waals surface area contributed by atoms with Gasteiger partial charge in [0.15, 0.2) is 0 Å². The van der Waals surface area contributed by atoms with Gasteiger partial charge in [0.25, 0.3) is 0 Å². The number of benzene rings is 1. The predicted octanol–water partition coefficient (Wildman–Crippen LogP) is 2.61. The zero-order valence-electron chi connectivity index (χ0n) is 11.9. The van der Waals surface area contributed by atoms with Gasteiger partial charge in [0, 0.05) is 18.8 Å². The fourth-order valence-corrected chi connectivity index (χ4v) is 4.43. The van der Waals surface area contributed by atoms with E-state index < -0.39 is 15.8 Å². The van der Waals surface area contributed by atoms with Crippen molar-refractivity contribution in [2.75, 3.05) is 18.8 Å². The lowest BCUT2D eigenvalue weighted by molar-refractivity contribution is 0.279. The first-order valence-corrected chi connectivity index (χ1v) is 8.33. The summed E-state index contributed by atoms with van der Waals surface area (Å²) in [5.41, 5.74) is 5.71. The van der Waals surface area contributed by atoms with Crippen LogP contribution in [0.4, 0.5) is 10.1 Å². The van der Waals surface area contributed by atoms with Gasteiger partial charge in [-0.05, 0) is 42.9 Å². The number of nitrogens with two attached hydrogens (primary N) is 1. The maximum absolute atomic E-state index is 13.4. The molecule has 0 spiro atoms. The van der Waals surface area contributed by atoms with Crippen molar-refractivity contribution >= 4 is 15.7 Å². The Hall–Kier alpha value is -1.14. The average Bonchev–Trinajstić information content (AvgIpc) is 2.83. The van der Waals surface area contributed by atoms with Gasteiger partial charge in [-0.3, -0.25) is 0 Å². The molecule has 1 aromatic carbocycles. The van der Waals surface area contributed by atoms with Gasteiger partial charge in [0.05, 0.1) is 4.90 Å². The van der Waals surface area contributed by atoms with Crippen molar-refractivity contribution in [2.45, 2.75) is 38.0 Å². The van der Waals surface area contributed by atoms with E-state index in [0.717, 1.165) is 31.4 Å². The van der Waals surface area contributed by atoms with E-state index in [1.54, 1.807) is 0 Å². The lowest BCUT2D eigenvalue weighted by Gasteiger charge is -2.26. The van der Waals surface area contributed by atoms with Crippen LogP contribution in [0.1, 0.15) is 33.1 Å². The lowest BCUT2D eigenvalue weighted by Crippen LogP contribution is -2.32. The van der Waals surface area contributed by atoms with E-state index in [9.17, 15) is 12.8 Å². The molecule has 112 valence electrons. The Morgan fingerprint density at radius 2 is 1.95 bits per heavy atom. The summed E-state index contributed by atoms with van der Waals surface area (Å²) < 4.78 is 39.9. The van der Waals surface area contributed by atoms with Crippen LogP contribution in [0.3, 0.4) is 0 Å². The highest BCUT2D eigenvalue weighted by Crippen LogP contribution is 2.39. The van der Waals surface area contributed by atoms with E-state index in [0.29, 0.717) is 13.1 Å². The molecule has 1 saturated heterocycles. The minimum Gasteiger partial charge on any atom is -0.399 e. The summed E-state index contributed by atoms with van der Waals surface area (Å²) >= 11 is 0. The van der Waals surface area contributed by atoms with Crippen LogP contribution in [0.5, 0.6) is 0 Å². The fraction of sp³-hybridized carbons (Fsp3) is 0.571. The van der Waals surface area contributed by atoms with Crippen LogP contribution in [0.15, 0.2) is 23.1 Å². The molecule has 0 saturated carbocycles. The summed E-state index contributed by atoms with van der Waals surface area (Å²) in [6.45, 7) is 5.15. The highest BCUT2D eigenvalue weighted by Gasteiger charge is 2.40. The number of sulfonamides is 1. The van der Waals surface area contributed by atoms with E-state index in [4.69, 9.17) is 5.73 Å². The first-order valence-electron chi connectivity index (χ1n) is 6.89. The Bertz CT molecular complexity index is 577. The lowest BCUT2D eigenvalue weighted by atomic mass is 9.82. The SMILES string of the molecule is CCC1(CC)CCN(S(=O)(=O)c2cc(N)cc(F)c2)C1. The Kier molecular flexibility index (Phi) is 4.07. The topological polar surface area (TPSA) is 63.4 Å². The molecule has 0 aromatic heterocycles. The molecule has 1 aliphatic rings.